The van der Waals surface area contributed by atoms with Crippen LogP contribution in [-0.2, 0) is 16.1 Å². The maximum absolute atomic E-state index is 12.3. The Balaban J connectivity index is 2.01. The molecule has 0 aliphatic heterocycles. The molecule has 0 aliphatic rings. The number of methoxy groups -OCH3 is 2. The molecule has 144 valence electrons. The first-order valence-corrected chi connectivity index (χ1v) is 8.76. The Morgan fingerprint density at radius 2 is 1.78 bits per heavy atom. The average molecular weight is 412 g/mol. The van der Waals surface area contributed by atoms with Crippen molar-refractivity contribution in [2.24, 2.45) is 0 Å². The predicted octanol–water partition coefficient (Wildman–Crippen LogP) is 3.87. The fourth-order valence-electron chi connectivity index (χ4n) is 2.29. The summed E-state index contributed by atoms with van der Waals surface area (Å²) in [7, 11) is 2.86. The Bertz CT molecular complexity index is 841. The number of rotatable bonds is 7. The third kappa shape index (κ3) is 5.28. The molecule has 0 saturated carbocycles. The molecule has 8 heteroatoms. The summed E-state index contributed by atoms with van der Waals surface area (Å²) >= 11 is 12.1. The lowest BCUT2D eigenvalue weighted by Gasteiger charge is -2.15. The number of halogens is 2. The van der Waals surface area contributed by atoms with Crippen LogP contribution in [0, 0.1) is 0 Å². The monoisotopic (exact) mass is 411 g/mol. The first-order valence-electron chi connectivity index (χ1n) is 8.01. The number of hydrogen-bond acceptors (Lipinski definition) is 5. The summed E-state index contributed by atoms with van der Waals surface area (Å²) in [6.45, 7) is 1.70. The molecule has 0 unspecified atom stereocenters. The van der Waals surface area contributed by atoms with Gasteiger partial charge in [-0.2, -0.15) is 0 Å². The van der Waals surface area contributed by atoms with Gasteiger partial charge in [-0.1, -0.05) is 41.4 Å². The summed E-state index contributed by atoms with van der Waals surface area (Å²) in [5, 5.41) is 3.42. The fraction of sp³-hybridized carbons (Fsp3) is 0.263. The predicted molar refractivity (Wildman–Crippen MR) is 103 cm³/mol. The van der Waals surface area contributed by atoms with Crippen LogP contribution in [0.25, 0.3) is 0 Å². The highest BCUT2D eigenvalue weighted by Crippen LogP contribution is 2.36. The molecule has 0 heterocycles. The van der Waals surface area contributed by atoms with E-state index >= 15 is 0 Å². The lowest BCUT2D eigenvalue weighted by Crippen LogP contribution is -2.35. The molecular formula is C19H19Cl2NO5. The van der Waals surface area contributed by atoms with Crippen LogP contribution in [-0.4, -0.2) is 32.2 Å². The van der Waals surface area contributed by atoms with Crippen molar-refractivity contribution >= 4 is 35.1 Å². The highest BCUT2D eigenvalue weighted by molar-refractivity contribution is 6.32. The number of nitrogens with one attached hydrogen (secondary N) is 1. The minimum Gasteiger partial charge on any atom is -0.493 e. The second-order valence-corrected chi connectivity index (χ2v) is 6.36. The number of benzene rings is 2. The second kappa shape index (κ2) is 9.48. The van der Waals surface area contributed by atoms with Gasteiger partial charge in [-0.3, -0.25) is 4.79 Å². The van der Waals surface area contributed by atoms with Gasteiger partial charge in [0.2, 0.25) is 0 Å². The van der Waals surface area contributed by atoms with Crippen LogP contribution in [0.5, 0.6) is 11.5 Å². The van der Waals surface area contributed by atoms with Gasteiger partial charge in [0.25, 0.3) is 5.91 Å². The van der Waals surface area contributed by atoms with E-state index in [-0.39, 0.29) is 22.9 Å². The van der Waals surface area contributed by atoms with Gasteiger partial charge in [0, 0.05) is 11.6 Å². The van der Waals surface area contributed by atoms with E-state index in [1.807, 2.05) is 6.07 Å². The maximum atomic E-state index is 12.3. The molecule has 0 aliphatic carbocycles. The Hall–Kier alpha value is -2.44. The number of ether oxygens (including phenoxy) is 3. The normalized spacial score (nSPS) is 11.4. The summed E-state index contributed by atoms with van der Waals surface area (Å²) in [4.78, 5) is 24.5. The van der Waals surface area contributed by atoms with Crippen LogP contribution in [0.15, 0.2) is 36.4 Å². The lowest BCUT2D eigenvalue weighted by atomic mass is 10.2. The standard InChI is InChI=1S/C19H19Cl2NO5/c1-11(18(23)22-10-12-6-4-5-7-14(12)20)27-19(24)13-8-15(21)17(26-3)16(9-13)25-2/h4-9,11H,10H2,1-3H3,(H,22,23)/t11-/m0/s1. The molecular weight excluding hydrogens is 393 g/mol. The first kappa shape index (κ1) is 20.9. The van der Waals surface area contributed by atoms with Crippen LogP contribution >= 0.6 is 23.2 Å². The molecule has 2 aromatic carbocycles. The molecule has 1 N–H and O–H groups in total. The molecule has 0 radical (unpaired) electrons. The molecule has 0 bridgehead atoms. The van der Waals surface area contributed by atoms with E-state index in [9.17, 15) is 9.59 Å². The quantitative estimate of drug-likeness (QED) is 0.699. The second-order valence-electron chi connectivity index (χ2n) is 5.55. The van der Waals surface area contributed by atoms with Crippen LogP contribution < -0.4 is 14.8 Å². The zero-order chi connectivity index (χ0) is 20.0. The van der Waals surface area contributed by atoms with Crippen molar-refractivity contribution in [3.8, 4) is 11.5 Å². The summed E-state index contributed by atoms with van der Waals surface area (Å²) in [6, 6.07) is 9.96. The third-order valence-electron chi connectivity index (χ3n) is 3.73. The van der Waals surface area contributed by atoms with E-state index in [4.69, 9.17) is 37.4 Å². The zero-order valence-electron chi connectivity index (χ0n) is 15.0. The summed E-state index contributed by atoms with van der Waals surface area (Å²) in [5.41, 5.74) is 0.904. The van der Waals surface area contributed by atoms with Crippen LogP contribution in [0.2, 0.25) is 10.0 Å². The van der Waals surface area contributed by atoms with Gasteiger partial charge < -0.3 is 19.5 Å². The molecule has 2 rings (SSSR count). The zero-order valence-corrected chi connectivity index (χ0v) is 16.6. The van der Waals surface area contributed by atoms with Crippen molar-refractivity contribution in [3.05, 3.63) is 57.6 Å². The summed E-state index contributed by atoms with van der Waals surface area (Å²) in [6.07, 6.45) is -1.01. The van der Waals surface area contributed by atoms with Gasteiger partial charge >= 0.3 is 5.97 Å². The molecule has 27 heavy (non-hydrogen) atoms. The van der Waals surface area contributed by atoms with Gasteiger partial charge in [-0.15, -0.1) is 0 Å². The van der Waals surface area contributed by atoms with Crippen molar-refractivity contribution < 1.29 is 23.8 Å². The summed E-state index contributed by atoms with van der Waals surface area (Å²) < 4.78 is 15.5. The number of amides is 1. The molecule has 0 spiro atoms. The Morgan fingerprint density at radius 3 is 2.41 bits per heavy atom. The minimum atomic E-state index is -1.01. The number of hydrogen-bond donors (Lipinski definition) is 1. The molecule has 0 saturated heterocycles. The fourth-order valence-corrected chi connectivity index (χ4v) is 2.78. The number of carbonyl (C=O) groups excluding carboxylic acids is 2. The van der Waals surface area contributed by atoms with Crippen LogP contribution in [0.1, 0.15) is 22.8 Å². The van der Waals surface area contributed by atoms with E-state index in [1.165, 1.54) is 33.3 Å². The van der Waals surface area contributed by atoms with Crippen molar-refractivity contribution in [3.63, 3.8) is 0 Å². The van der Waals surface area contributed by atoms with E-state index < -0.39 is 18.0 Å². The Labute approximate surface area is 167 Å². The van der Waals surface area contributed by atoms with Crippen molar-refractivity contribution in [1.82, 2.24) is 5.32 Å². The van der Waals surface area contributed by atoms with Gasteiger partial charge in [-0.25, -0.2) is 4.79 Å². The molecule has 6 nitrogen and oxygen atoms in total. The SMILES string of the molecule is COc1cc(C(=O)O[C@@H](C)C(=O)NCc2ccccc2Cl)cc(Cl)c1OC. The Kier molecular flexibility index (Phi) is 7.33. The van der Waals surface area contributed by atoms with E-state index in [0.717, 1.165) is 5.56 Å². The molecule has 2 aromatic rings. The van der Waals surface area contributed by atoms with Gasteiger partial charge in [0.15, 0.2) is 17.6 Å². The van der Waals surface area contributed by atoms with Crippen molar-refractivity contribution in [2.45, 2.75) is 19.6 Å². The number of esters is 1. The van der Waals surface area contributed by atoms with Gasteiger partial charge in [-0.05, 0) is 30.7 Å². The minimum absolute atomic E-state index is 0.142. The van der Waals surface area contributed by atoms with Crippen molar-refractivity contribution in [2.75, 3.05) is 14.2 Å². The van der Waals surface area contributed by atoms with Crippen molar-refractivity contribution in [1.29, 1.82) is 0 Å². The summed E-state index contributed by atoms with van der Waals surface area (Å²) in [5.74, 6) is -0.567. The third-order valence-corrected chi connectivity index (χ3v) is 4.38. The van der Waals surface area contributed by atoms with Gasteiger partial charge in [0.1, 0.15) is 0 Å². The molecule has 0 aromatic heterocycles. The highest BCUT2D eigenvalue weighted by atomic mass is 35.5. The Morgan fingerprint density at radius 1 is 1.07 bits per heavy atom. The first-order chi connectivity index (χ1) is 12.9. The smallest absolute Gasteiger partial charge is 0.339 e. The number of carbonyl (C=O) groups is 2. The van der Waals surface area contributed by atoms with E-state index in [0.29, 0.717) is 10.8 Å². The molecule has 1 atom stereocenters. The largest absolute Gasteiger partial charge is 0.493 e. The molecule has 1 amide bonds. The average Bonchev–Trinajstić information content (AvgIpc) is 2.66. The van der Waals surface area contributed by atoms with Crippen LogP contribution in [0.3, 0.4) is 0 Å². The highest BCUT2D eigenvalue weighted by Gasteiger charge is 2.21. The maximum Gasteiger partial charge on any atom is 0.339 e. The molecule has 0 fully saturated rings. The van der Waals surface area contributed by atoms with Crippen LogP contribution in [0.4, 0.5) is 0 Å². The van der Waals surface area contributed by atoms with E-state index in [2.05, 4.69) is 5.32 Å². The topological polar surface area (TPSA) is 73.9 Å². The van der Waals surface area contributed by atoms with E-state index in [1.54, 1.807) is 18.2 Å². The van der Waals surface area contributed by atoms with Gasteiger partial charge in [0.05, 0.1) is 24.8 Å². The lowest BCUT2D eigenvalue weighted by molar-refractivity contribution is -0.129.